The predicted octanol–water partition coefficient (Wildman–Crippen LogP) is 6.86. The van der Waals surface area contributed by atoms with Gasteiger partial charge in [-0.3, -0.25) is 4.79 Å². The van der Waals surface area contributed by atoms with Crippen molar-refractivity contribution in [3.05, 3.63) is 113 Å². The number of rotatable bonds is 5. The zero-order valence-corrected chi connectivity index (χ0v) is 19.1. The average Bonchev–Trinajstić information content (AvgIpc) is 2.86. The fraction of sp³-hybridized carbons (Fsp3) is 0.0357. The second-order valence-electron chi connectivity index (χ2n) is 7.64. The Labute approximate surface area is 199 Å². The molecule has 5 heteroatoms. The molecule has 4 nitrogen and oxygen atoms in total. The number of hydrogen-bond acceptors (Lipinski definition) is 4. The van der Waals surface area contributed by atoms with Crippen molar-refractivity contribution in [2.24, 2.45) is 0 Å². The van der Waals surface area contributed by atoms with E-state index in [1.807, 2.05) is 84.9 Å². The van der Waals surface area contributed by atoms with Crippen LogP contribution in [0.1, 0.15) is 20.7 Å². The maximum Gasteiger partial charge on any atom is 0.339 e. The lowest BCUT2D eigenvalue weighted by molar-refractivity contribution is 0.0477. The van der Waals surface area contributed by atoms with Gasteiger partial charge in [0.05, 0.1) is 16.8 Å². The summed E-state index contributed by atoms with van der Waals surface area (Å²) >= 11 is 3.44. The molecule has 0 amide bonds. The number of fused-ring (bicyclic) bond motifs is 2. The van der Waals surface area contributed by atoms with Gasteiger partial charge in [-0.2, -0.15) is 0 Å². The van der Waals surface area contributed by atoms with Gasteiger partial charge in [0, 0.05) is 21.0 Å². The number of carbonyl (C=O) groups is 2. The predicted molar refractivity (Wildman–Crippen MR) is 133 cm³/mol. The second-order valence-corrected chi connectivity index (χ2v) is 8.56. The summed E-state index contributed by atoms with van der Waals surface area (Å²) in [5, 5.41) is 2.70. The maximum atomic E-state index is 13.0. The number of hydrogen-bond donors (Lipinski definition) is 0. The van der Waals surface area contributed by atoms with E-state index in [4.69, 9.17) is 9.72 Å². The van der Waals surface area contributed by atoms with Crippen molar-refractivity contribution in [3.63, 3.8) is 0 Å². The molecule has 0 atom stereocenters. The molecule has 0 N–H and O–H groups in total. The summed E-state index contributed by atoms with van der Waals surface area (Å²) < 4.78 is 6.41. The van der Waals surface area contributed by atoms with E-state index < -0.39 is 5.97 Å². The van der Waals surface area contributed by atoms with E-state index in [0.717, 1.165) is 20.8 Å². The van der Waals surface area contributed by atoms with E-state index in [-0.39, 0.29) is 12.4 Å². The van der Waals surface area contributed by atoms with E-state index in [1.54, 1.807) is 12.1 Å². The van der Waals surface area contributed by atoms with Crippen LogP contribution in [0.25, 0.3) is 32.9 Å². The van der Waals surface area contributed by atoms with Gasteiger partial charge in [-0.05, 0) is 41.1 Å². The van der Waals surface area contributed by atoms with Crippen molar-refractivity contribution in [2.75, 3.05) is 6.61 Å². The number of aromatic nitrogens is 1. The Balaban J connectivity index is 1.42. The van der Waals surface area contributed by atoms with Crippen molar-refractivity contribution in [2.45, 2.75) is 0 Å². The number of esters is 1. The van der Waals surface area contributed by atoms with Gasteiger partial charge >= 0.3 is 5.97 Å². The van der Waals surface area contributed by atoms with Crippen LogP contribution in [0.4, 0.5) is 0 Å². The topological polar surface area (TPSA) is 56.3 Å². The smallest absolute Gasteiger partial charge is 0.339 e. The van der Waals surface area contributed by atoms with Gasteiger partial charge < -0.3 is 4.74 Å². The van der Waals surface area contributed by atoms with Crippen LogP contribution in [0, 0.1) is 0 Å². The van der Waals surface area contributed by atoms with Crippen LogP contribution < -0.4 is 0 Å². The van der Waals surface area contributed by atoms with Gasteiger partial charge in [-0.25, -0.2) is 9.78 Å². The van der Waals surface area contributed by atoms with Crippen LogP contribution in [0.2, 0.25) is 0 Å². The molecule has 0 unspecified atom stereocenters. The molecule has 0 aliphatic carbocycles. The van der Waals surface area contributed by atoms with Crippen molar-refractivity contribution in [3.8, 4) is 11.3 Å². The summed E-state index contributed by atoms with van der Waals surface area (Å²) in [6.45, 7) is -0.332. The van der Waals surface area contributed by atoms with Crippen molar-refractivity contribution in [1.29, 1.82) is 0 Å². The number of Topliss-reactive ketones (excluding diaryl/α,β-unsaturated/α-hetero) is 1. The van der Waals surface area contributed by atoms with Gasteiger partial charge in [0.2, 0.25) is 0 Å². The highest BCUT2D eigenvalue weighted by atomic mass is 79.9. The first-order valence-electron chi connectivity index (χ1n) is 10.4. The van der Waals surface area contributed by atoms with Gasteiger partial charge in [-0.15, -0.1) is 0 Å². The Morgan fingerprint density at radius 2 is 1.52 bits per heavy atom. The molecule has 1 heterocycles. The van der Waals surface area contributed by atoms with Crippen LogP contribution in [0.15, 0.2) is 102 Å². The summed E-state index contributed by atoms with van der Waals surface area (Å²) in [6.07, 6.45) is 0. The van der Waals surface area contributed by atoms with Gasteiger partial charge in [0.25, 0.3) is 0 Å². The summed E-state index contributed by atoms with van der Waals surface area (Å²) in [5.74, 6) is -0.804. The zero-order valence-electron chi connectivity index (χ0n) is 17.5. The first-order valence-corrected chi connectivity index (χ1v) is 11.2. The Kier molecular flexibility index (Phi) is 5.71. The average molecular weight is 496 g/mol. The van der Waals surface area contributed by atoms with Crippen LogP contribution in [0.5, 0.6) is 0 Å². The van der Waals surface area contributed by atoms with Crippen LogP contribution in [-0.2, 0) is 4.74 Å². The minimum Gasteiger partial charge on any atom is -0.454 e. The minimum absolute atomic E-state index is 0.249. The molecule has 160 valence electrons. The Morgan fingerprint density at radius 3 is 2.33 bits per heavy atom. The minimum atomic E-state index is -0.555. The van der Waals surface area contributed by atoms with Gasteiger partial charge in [-0.1, -0.05) is 82.7 Å². The van der Waals surface area contributed by atoms with Gasteiger partial charge in [0.15, 0.2) is 12.4 Å². The monoisotopic (exact) mass is 495 g/mol. The molecule has 5 rings (SSSR count). The van der Waals surface area contributed by atoms with E-state index in [1.165, 1.54) is 0 Å². The fourth-order valence-corrected chi connectivity index (χ4v) is 4.03. The molecule has 1 aromatic heterocycles. The molecular formula is C28H18BrNO3. The third-order valence-corrected chi connectivity index (χ3v) is 6.01. The molecule has 0 aliphatic rings. The SMILES string of the molecule is O=C(COC(=O)c1cc(-c2ccc(Br)cc2)nc2ccccc12)c1ccc2ccccc2c1. The van der Waals surface area contributed by atoms with E-state index in [0.29, 0.717) is 27.7 Å². The molecule has 4 aromatic carbocycles. The number of carbonyl (C=O) groups excluding carboxylic acids is 2. The standard InChI is InChI=1S/C28H18BrNO3/c29-22-13-11-19(12-14-22)26-16-24(23-7-3-4-8-25(23)30-26)28(32)33-17-27(31)21-10-9-18-5-1-2-6-20(18)15-21/h1-16H,17H2. The fourth-order valence-electron chi connectivity index (χ4n) is 3.77. The zero-order chi connectivity index (χ0) is 22.8. The largest absolute Gasteiger partial charge is 0.454 e. The molecule has 0 spiro atoms. The van der Waals surface area contributed by atoms with E-state index in [9.17, 15) is 9.59 Å². The molecule has 0 aliphatic heterocycles. The highest BCUT2D eigenvalue weighted by molar-refractivity contribution is 9.10. The molecule has 5 aromatic rings. The third kappa shape index (κ3) is 4.41. The number of para-hydroxylation sites is 1. The molecule has 0 saturated carbocycles. The molecule has 0 saturated heterocycles. The van der Waals surface area contributed by atoms with Crippen LogP contribution >= 0.6 is 15.9 Å². The number of pyridine rings is 1. The summed E-state index contributed by atoms with van der Waals surface area (Å²) in [6, 6.07) is 30.1. The highest BCUT2D eigenvalue weighted by Gasteiger charge is 2.17. The Bertz CT molecular complexity index is 1510. The second kappa shape index (κ2) is 8.96. The Morgan fingerprint density at radius 1 is 0.788 bits per heavy atom. The molecule has 0 bridgehead atoms. The number of halogens is 1. The number of ether oxygens (including phenoxy) is 1. The van der Waals surface area contributed by atoms with Crippen LogP contribution in [-0.4, -0.2) is 23.3 Å². The number of nitrogens with zero attached hydrogens (tertiary/aromatic N) is 1. The molecular weight excluding hydrogens is 478 g/mol. The summed E-state index contributed by atoms with van der Waals surface area (Å²) in [7, 11) is 0. The number of benzene rings is 4. The first kappa shape index (κ1) is 21.0. The molecule has 0 fully saturated rings. The normalized spacial score (nSPS) is 10.9. The number of ketones is 1. The van der Waals surface area contributed by atoms with E-state index in [2.05, 4.69) is 15.9 Å². The summed E-state index contributed by atoms with van der Waals surface area (Å²) in [5.41, 5.74) is 3.12. The lowest BCUT2D eigenvalue weighted by Gasteiger charge is -2.10. The summed E-state index contributed by atoms with van der Waals surface area (Å²) in [4.78, 5) is 30.4. The van der Waals surface area contributed by atoms with Crippen molar-refractivity contribution >= 4 is 49.4 Å². The Hall–Kier alpha value is -3.83. The molecule has 33 heavy (non-hydrogen) atoms. The van der Waals surface area contributed by atoms with E-state index >= 15 is 0 Å². The lowest BCUT2D eigenvalue weighted by Crippen LogP contribution is -2.15. The molecule has 0 radical (unpaired) electrons. The third-order valence-electron chi connectivity index (χ3n) is 5.48. The highest BCUT2D eigenvalue weighted by Crippen LogP contribution is 2.26. The first-order chi connectivity index (χ1) is 16.1. The van der Waals surface area contributed by atoms with Crippen molar-refractivity contribution < 1.29 is 14.3 Å². The quantitative estimate of drug-likeness (QED) is 0.197. The van der Waals surface area contributed by atoms with Crippen LogP contribution in [0.3, 0.4) is 0 Å². The maximum absolute atomic E-state index is 13.0. The van der Waals surface area contributed by atoms with Gasteiger partial charge in [0.1, 0.15) is 0 Å². The lowest BCUT2D eigenvalue weighted by atomic mass is 10.0. The van der Waals surface area contributed by atoms with Crippen molar-refractivity contribution in [1.82, 2.24) is 4.98 Å².